The van der Waals surface area contributed by atoms with Gasteiger partial charge >= 0.3 is 0 Å². The van der Waals surface area contributed by atoms with E-state index in [0.717, 1.165) is 17.8 Å². The average molecular weight is 421 g/mol. The molecular weight excluding hydrogens is 396 g/mol. The smallest absolute Gasteiger partial charge is 0.257 e. The lowest BCUT2D eigenvalue weighted by atomic mass is 9.83. The van der Waals surface area contributed by atoms with E-state index in [1.165, 1.54) is 5.56 Å². The van der Waals surface area contributed by atoms with E-state index in [2.05, 4.69) is 37.8 Å². The van der Waals surface area contributed by atoms with Gasteiger partial charge in [-0.3, -0.25) is 19.7 Å². The minimum Gasteiger partial charge on any atom is -0.361 e. The Hall–Kier alpha value is -2.61. The molecule has 0 radical (unpaired) electrons. The van der Waals surface area contributed by atoms with E-state index in [4.69, 9.17) is 4.74 Å². The molecule has 7 heteroatoms. The molecular formula is C23H24N4O2S. The first kappa shape index (κ1) is 19.4. The summed E-state index contributed by atoms with van der Waals surface area (Å²) in [6.07, 6.45) is 5.44. The minimum atomic E-state index is -0.883. The summed E-state index contributed by atoms with van der Waals surface area (Å²) in [5, 5.41) is 4.16. The predicted octanol–water partition coefficient (Wildman–Crippen LogP) is 2.94. The van der Waals surface area contributed by atoms with Crippen molar-refractivity contribution < 1.29 is 9.53 Å². The molecule has 3 aromatic heterocycles. The number of likely N-dealkylation sites (tertiary alicyclic amines) is 1. The van der Waals surface area contributed by atoms with Gasteiger partial charge in [0.05, 0.1) is 12.3 Å². The van der Waals surface area contributed by atoms with Gasteiger partial charge < -0.3 is 9.64 Å². The number of aromatic nitrogens is 2. The number of amides is 1. The van der Waals surface area contributed by atoms with Gasteiger partial charge in [-0.05, 0) is 46.2 Å². The lowest BCUT2D eigenvalue weighted by Crippen LogP contribution is -2.59. The van der Waals surface area contributed by atoms with E-state index in [9.17, 15) is 4.79 Å². The maximum atomic E-state index is 13.8. The van der Waals surface area contributed by atoms with Crippen LogP contribution in [0.1, 0.15) is 22.7 Å². The van der Waals surface area contributed by atoms with Crippen molar-refractivity contribution in [2.45, 2.75) is 24.6 Å². The van der Waals surface area contributed by atoms with Gasteiger partial charge in [-0.1, -0.05) is 12.1 Å². The molecule has 0 aliphatic carbocycles. The maximum absolute atomic E-state index is 13.8. The van der Waals surface area contributed by atoms with Crippen LogP contribution in [0, 0.1) is 0 Å². The van der Waals surface area contributed by atoms with Crippen molar-refractivity contribution in [3.05, 3.63) is 82.6 Å². The van der Waals surface area contributed by atoms with Crippen molar-refractivity contribution in [2.75, 3.05) is 26.2 Å². The van der Waals surface area contributed by atoms with Gasteiger partial charge in [-0.25, -0.2) is 0 Å². The Labute approximate surface area is 180 Å². The molecule has 0 aromatic carbocycles. The molecule has 2 fully saturated rings. The number of carbonyl (C=O) groups excluding carboxylic acids is 1. The number of nitrogens with zero attached hydrogens (tertiary/aromatic N) is 4. The lowest BCUT2D eigenvalue weighted by molar-refractivity contribution is -0.173. The SMILES string of the molecule is O=C1N(Cc2ccsc2)CCO[C@@]12CN(Cc1ccccn1)C[C@@H]2c1cccnc1. The second-order valence-corrected chi connectivity index (χ2v) is 8.71. The summed E-state index contributed by atoms with van der Waals surface area (Å²) in [7, 11) is 0. The maximum Gasteiger partial charge on any atom is 0.257 e. The summed E-state index contributed by atoms with van der Waals surface area (Å²) in [4.78, 5) is 26.8. The highest BCUT2D eigenvalue weighted by Gasteiger charge is 2.57. The monoisotopic (exact) mass is 420 g/mol. The molecule has 0 saturated carbocycles. The standard InChI is InChI=1S/C23H24N4O2S/c28-22-23(29-10-9-27(22)13-18-6-11-30-16-18)17-26(14-20-5-1-2-8-25-20)15-21(23)19-4-3-7-24-12-19/h1-8,11-12,16,21H,9-10,13-15,17H2/t21-,23-/m1/s1. The zero-order valence-corrected chi connectivity index (χ0v) is 17.5. The zero-order valence-electron chi connectivity index (χ0n) is 16.7. The molecule has 5 heterocycles. The summed E-state index contributed by atoms with van der Waals surface area (Å²) in [5.41, 5.74) is 2.34. The third kappa shape index (κ3) is 3.64. The van der Waals surface area contributed by atoms with Crippen molar-refractivity contribution in [1.82, 2.24) is 19.8 Å². The number of pyridine rings is 2. The summed E-state index contributed by atoms with van der Waals surface area (Å²) < 4.78 is 6.34. The molecule has 6 nitrogen and oxygen atoms in total. The van der Waals surface area contributed by atoms with Crippen LogP contribution in [0.2, 0.25) is 0 Å². The molecule has 3 aromatic rings. The normalized spacial score (nSPS) is 24.6. The number of hydrogen-bond donors (Lipinski definition) is 0. The predicted molar refractivity (Wildman–Crippen MR) is 115 cm³/mol. The van der Waals surface area contributed by atoms with Gasteiger partial charge in [-0.2, -0.15) is 11.3 Å². The number of ether oxygens (including phenoxy) is 1. The van der Waals surface area contributed by atoms with Gasteiger partial charge in [0.15, 0.2) is 5.60 Å². The van der Waals surface area contributed by atoms with Crippen molar-refractivity contribution in [3.63, 3.8) is 0 Å². The summed E-state index contributed by atoms with van der Waals surface area (Å²) in [5.74, 6) is 0.0185. The fourth-order valence-electron chi connectivity index (χ4n) is 4.60. The van der Waals surface area contributed by atoms with E-state index in [1.807, 2.05) is 41.6 Å². The van der Waals surface area contributed by atoms with Crippen molar-refractivity contribution in [3.8, 4) is 0 Å². The minimum absolute atomic E-state index is 0.0623. The van der Waals surface area contributed by atoms with Gasteiger partial charge in [0.1, 0.15) is 0 Å². The molecule has 154 valence electrons. The molecule has 0 bridgehead atoms. The molecule has 2 atom stereocenters. The topological polar surface area (TPSA) is 58.6 Å². The number of carbonyl (C=O) groups is 1. The Morgan fingerprint density at radius 1 is 1.17 bits per heavy atom. The molecule has 2 aliphatic heterocycles. The summed E-state index contributed by atoms with van der Waals surface area (Å²) in [6.45, 7) is 3.79. The Morgan fingerprint density at radius 3 is 2.90 bits per heavy atom. The highest BCUT2D eigenvalue weighted by Crippen LogP contribution is 2.42. The highest BCUT2D eigenvalue weighted by molar-refractivity contribution is 7.07. The van der Waals surface area contributed by atoms with Crippen LogP contribution >= 0.6 is 11.3 Å². The molecule has 1 amide bonds. The number of morpholine rings is 1. The van der Waals surface area contributed by atoms with Crippen LogP contribution in [-0.4, -0.2) is 57.5 Å². The van der Waals surface area contributed by atoms with Crippen LogP contribution in [0.3, 0.4) is 0 Å². The van der Waals surface area contributed by atoms with Crippen LogP contribution in [0.15, 0.2) is 65.7 Å². The molecule has 0 N–H and O–H groups in total. The fraction of sp³-hybridized carbons (Fsp3) is 0.348. The average Bonchev–Trinajstić information content (AvgIpc) is 3.41. The van der Waals surface area contributed by atoms with Crippen LogP contribution in [0.5, 0.6) is 0 Å². The van der Waals surface area contributed by atoms with Crippen molar-refractivity contribution >= 4 is 17.2 Å². The first-order valence-electron chi connectivity index (χ1n) is 10.2. The van der Waals surface area contributed by atoms with Crippen molar-refractivity contribution in [2.24, 2.45) is 0 Å². The Kier molecular flexibility index (Phi) is 5.33. The highest BCUT2D eigenvalue weighted by atomic mass is 32.1. The van der Waals surface area contributed by atoms with Crippen molar-refractivity contribution in [1.29, 1.82) is 0 Å². The van der Waals surface area contributed by atoms with E-state index in [0.29, 0.717) is 32.8 Å². The van der Waals surface area contributed by atoms with Crippen LogP contribution in [-0.2, 0) is 22.6 Å². The lowest BCUT2D eigenvalue weighted by Gasteiger charge is -2.42. The van der Waals surface area contributed by atoms with Crippen LogP contribution < -0.4 is 0 Å². The van der Waals surface area contributed by atoms with Crippen LogP contribution in [0.4, 0.5) is 0 Å². The van der Waals surface area contributed by atoms with Gasteiger partial charge in [0.2, 0.25) is 0 Å². The van der Waals surface area contributed by atoms with Gasteiger partial charge in [0.25, 0.3) is 5.91 Å². The molecule has 0 unspecified atom stereocenters. The molecule has 30 heavy (non-hydrogen) atoms. The summed E-state index contributed by atoms with van der Waals surface area (Å²) >= 11 is 1.66. The van der Waals surface area contributed by atoms with Gasteiger partial charge in [-0.15, -0.1) is 0 Å². The van der Waals surface area contributed by atoms with E-state index in [-0.39, 0.29) is 11.8 Å². The fourth-order valence-corrected chi connectivity index (χ4v) is 5.26. The molecule has 5 rings (SSSR count). The Bertz CT molecular complexity index is 983. The quantitative estimate of drug-likeness (QED) is 0.635. The molecule has 2 aliphatic rings. The van der Waals surface area contributed by atoms with E-state index < -0.39 is 5.60 Å². The number of rotatable bonds is 5. The van der Waals surface area contributed by atoms with Gasteiger partial charge in [0, 0.05) is 57.2 Å². The number of thiophene rings is 1. The zero-order chi connectivity index (χ0) is 20.4. The second kappa shape index (κ2) is 8.26. The Balaban J connectivity index is 1.45. The largest absolute Gasteiger partial charge is 0.361 e. The third-order valence-corrected chi connectivity index (χ3v) is 6.72. The Morgan fingerprint density at radius 2 is 2.13 bits per heavy atom. The van der Waals surface area contributed by atoms with Crippen LogP contribution in [0.25, 0.3) is 0 Å². The molecule has 2 saturated heterocycles. The van der Waals surface area contributed by atoms with E-state index >= 15 is 0 Å². The summed E-state index contributed by atoms with van der Waals surface area (Å²) in [6, 6.07) is 12.0. The first-order valence-corrected chi connectivity index (χ1v) is 11.2. The van der Waals surface area contributed by atoms with E-state index in [1.54, 1.807) is 17.5 Å². The first-order chi connectivity index (χ1) is 14.7. The second-order valence-electron chi connectivity index (χ2n) is 7.93. The third-order valence-electron chi connectivity index (χ3n) is 5.98. The number of hydrogen-bond acceptors (Lipinski definition) is 6. The molecule has 1 spiro atoms.